The molecule has 1 heterocycles. The van der Waals surface area contributed by atoms with Gasteiger partial charge in [0.1, 0.15) is 0 Å². The summed E-state index contributed by atoms with van der Waals surface area (Å²) in [5.74, 6) is 1.98. The second-order valence-corrected chi connectivity index (χ2v) is 6.93. The van der Waals surface area contributed by atoms with E-state index in [9.17, 15) is 0 Å². The number of nitrogens with zero attached hydrogens (tertiary/aromatic N) is 1. The van der Waals surface area contributed by atoms with Gasteiger partial charge in [0, 0.05) is 11.8 Å². The van der Waals surface area contributed by atoms with Crippen molar-refractivity contribution in [1.82, 2.24) is 5.32 Å². The van der Waals surface area contributed by atoms with Gasteiger partial charge in [-0.15, -0.1) is 0 Å². The Kier molecular flexibility index (Phi) is 3.02. The highest BCUT2D eigenvalue weighted by molar-refractivity contribution is 8.14. The number of rotatable bonds is 3. The van der Waals surface area contributed by atoms with E-state index in [4.69, 9.17) is 4.99 Å². The predicted octanol–water partition coefficient (Wildman–Crippen LogP) is 2.89. The molecule has 2 fully saturated rings. The minimum Gasteiger partial charge on any atom is -0.361 e. The molecule has 2 unspecified atom stereocenters. The lowest BCUT2D eigenvalue weighted by Crippen LogP contribution is -2.28. The molecule has 0 aromatic carbocycles. The number of hydrogen-bond acceptors (Lipinski definition) is 2. The maximum Gasteiger partial charge on any atom is 0.157 e. The van der Waals surface area contributed by atoms with Crippen molar-refractivity contribution < 1.29 is 0 Å². The fourth-order valence-electron chi connectivity index (χ4n) is 2.01. The Morgan fingerprint density at radius 3 is 2.73 bits per heavy atom. The summed E-state index contributed by atoms with van der Waals surface area (Å²) in [7, 11) is 0. The van der Waals surface area contributed by atoms with Crippen molar-refractivity contribution in [2.45, 2.75) is 52.6 Å². The first kappa shape index (κ1) is 11.3. The van der Waals surface area contributed by atoms with Gasteiger partial charge in [-0.1, -0.05) is 39.5 Å². The first-order valence-electron chi connectivity index (χ1n) is 5.94. The van der Waals surface area contributed by atoms with Crippen LogP contribution in [0.25, 0.3) is 0 Å². The second kappa shape index (κ2) is 4.00. The first-order chi connectivity index (χ1) is 6.97. The van der Waals surface area contributed by atoms with Gasteiger partial charge in [0.15, 0.2) is 5.17 Å². The van der Waals surface area contributed by atoms with Gasteiger partial charge in [-0.3, -0.25) is 4.99 Å². The number of thioether (sulfide) groups is 1. The van der Waals surface area contributed by atoms with Crippen molar-refractivity contribution in [1.29, 1.82) is 0 Å². The Morgan fingerprint density at radius 2 is 2.20 bits per heavy atom. The van der Waals surface area contributed by atoms with E-state index in [0.29, 0.717) is 17.5 Å². The summed E-state index contributed by atoms with van der Waals surface area (Å²) < 4.78 is 0. The Labute approximate surface area is 97.3 Å². The molecule has 0 aromatic heterocycles. The Bertz CT molecular complexity index is 271. The van der Waals surface area contributed by atoms with Crippen molar-refractivity contribution in [2.24, 2.45) is 16.3 Å². The molecular formula is C12H22N2S. The van der Waals surface area contributed by atoms with E-state index in [1.165, 1.54) is 23.8 Å². The molecule has 1 saturated heterocycles. The zero-order chi connectivity index (χ0) is 11.1. The minimum atomic E-state index is 0.464. The molecule has 2 rings (SSSR count). The average molecular weight is 226 g/mol. The zero-order valence-corrected chi connectivity index (χ0v) is 11.0. The Hall–Kier alpha value is -0.180. The normalized spacial score (nSPS) is 35.9. The van der Waals surface area contributed by atoms with E-state index >= 15 is 0 Å². The fraction of sp³-hybridized carbons (Fsp3) is 0.917. The van der Waals surface area contributed by atoms with Crippen LogP contribution in [0.1, 0.15) is 40.5 Å². The lowest BCUT2D eigenvalue weighted by atomic mass is 10.1. The van der Waals surface area contributed by atoms with Crippen LogP contribution in [0.2, 0.25) is 0 Å². The topological polar surface area (TPSA) is 24.4 Å². The SMILES string of the molecule is CC(C)CC1CSC(=NC2CC2(C)C)N1. The van der Waals surface area contributed by atoms with Gasteiger partial charge in [-0.2, -0.15) is 0 Å². The molecule has 2 atom stereocenters. The van der Waals surface area contributed by atoms with Crippen LogP contribution in [0.15, 0.2) is 4.99 Å². The predicted molar refractivity (Wildman–Crippen MR) is 68.5 cm³/mol. The molecule has 86 valence electrons. The molecule has 1 N–H and O–H groups in total. The van der Waals surface area contributed by atoms with Crippen LogP contribution in [0.5, 0.6) is 0 Å². The van der Waals surface area contributed by atoms with Gasteiger partial charge in [0.25, 0.3) is 0 Å². The lowest BCUT2D eigenvalue weighted by Gasteiger charge is -2.11. The van der Waals surface area contributed by atoms with E-state index in [1.54, 1.807) is 0 Å². The molecule has 1 aliphatic carbocycles. The third-order valence-corrected chi connectivity index (χ3v) is 4.30. The molecule has 1 aliphatic heterocycles. The Morgan fingerprint density at radius 1 is 1.53 bits per heavy atom. The van der Waals surface area contributed by atoms with E-state index in [1.807, 2.05) is 11.8 Å². The highest BCUT2D eigenvalue weighted by atomic mass is 32.2. The first-order valence-corrected chi connectivity index (χ1v) is 6.93. The van der Waals surface area contributed by atoms with Crippen molar-refractivity contribution in [3.8, 4) is 0 Å². The molecule has 15 heavy (non-hydrogen) atoms. The summed E-state index contributed by atoms with van der Waals surface area (Å²) in [4.78, 5) is 4.77. The van der Waals surface area contributed by atoms with Crippen LogP contribution in [0.3, 0.4) is 0 Å². The molecule has 0 amide bonds. The average Bonchev–Trinajstić information content (AvgIpc) is 2.54. The van der Waals surface area contributed by atoms with Gasteiger partial charge >= 0.3 is 0 Å². The van der Waals surface area contributed by atoms with Crippen LogP contribution in [-0.2, 0) is 0 Å². The molecule has 2 nitrogen and oxygen atoms in total. The van der Waals surface area contributed by atoms with Crippen LogP contribution >= 0.6 is 11.8 Å². The maximum absolute atomic E-state index is 4.77. The smallest absolute Gasteiger partial charge is 0.157 e. The highest BCUT2D eigenvalue weighted by Gasteiger charge is 2.46. The van der Waals surface area contributed by atoms with E-state index in [0.717, 1.165) is 5.92 Å². The molecule has 0 aromatic rings. The van der Waals surface area contributed by atoms with E-state index in [-0.39, 0.29) is 0 Å². The standard InChI is InChI=1S/C12H22N2S/c1-8(2)5-9-7-15-11(13-9)14-10-6-12(10,3)4/h8-10H,5-7H2,1-4H3,(H,13,14). The fourth-order valence-corrected chi connectivity index (χ4v) is 3.04. The molecule has 0 bridgehead atoms. The van der Waals surface area contributed by atoms with Gasteiger partial charge in [0.2, 0.25) is 0 Å². The molecule has 0 radical (unpaired) electrons. The van der Waals surface area contributed by atoms with Crippen LogP contribution in [0.4, 0.5) is 0 Å². The van der Waals surface area contributed by atoms with Gasteiger partial charge in [-0.25, -0.2) is 0 Å². The monoisotopic (exact) mass is 226 g/mol. The van der Waals surface area contributed by atoms with Crippen LogP contribution < -0.4 is 5.32 Å². The molecule has 2 aliphatic rings. The summed E-state index contributed by atoms with van der Waals surface area (Å²) in [6.07, 6.45) is 2.52. The van der Waals surface area contributed by atoms with Crippen molar-refractivity contribution in [3.63, 3.8) is 0 Å². The van der Waals surface area contributed by atoms with Crippen molar-refractivity contribution in [2.75, 3.05) is 5.75 Å². The van der Waals surface area contributed by atoms with Gasteiger partial charge < -0.3 is 5.32 Å². The van der Waals surface area contributed by atoms with Crippen molar-refractivity contribution >= 4 is 16.9 Å². The van der Waals surface area contributed by atoms with Crippen LogP contribution in [0, 0.1) is 11.3 Å². The zero-order valence-electron chi connectivity index (χ0n) is 10.2. The van der Waals surface area contributed by atoms with Gasteiger partial charge in [0.05, 0.1) is 6.04 Å². The van der Waals surface area contributed by atoms with Gasteiger partial charge in [-0.05, 0) is 24.2 Å². The van der Waals surface area contributed by atoms with Crippen molar-refractivity contribution in [3.05, 3.63) is 0 Å². The third-order valence-electron chi connectivity index (χ3n) is 3.24. The molecular weight excluding hydrogens is 204 g/mol. The molecule has 1 saturated carbocycles. The molecule has 3 heteroatoms. The highest BCUT2D eigenvalue weighted by Crippen LogP contribution is 2.47. The van der Waals surface area contributed by atoms with E-state index in [2.05, 4.69) is 33.0 Å². The summed E-state index contributed by atoms with van der Waals surface area (Å²) in [5.41, 5.74) is 0.464. The number of amidine groups is 1. The second-order valence-electron chi connectivity index (χ2n) is 5.92. The third kappa shape index (κ3) is 2.90. The summed E-state index contributed by atoms with van der Waals surface area (Å²) in [6, 6.07) is 1.22. The summed E-state index contributed by atoms with van der Waals surface area (Å²) >= 11 is 1.90. The van der Waals surface area contributed by atoms with E-state index < -0.39 is 0 Å². The quantitative estimate of drug-likeness (QED) is 0.800. The summed E-state index contributed by atoms with van der Waals surface area (Å²) in [5, 5.41) is 4.74. The number of aliphatic imine (C=N–C) groups is 1. The maximum atomic E-state index is 4.77. The summed E-state index contributed by atoms with van der Waals surface area (Å²) in [6.45, 7) is 9.16. The number of hydrogen-bond donors (Lipinski definition) is 1. The number of nitrogens with one attached hydrogen (secondary N) is 1. The largest absolute Gasteiger partial charge is 0.361 e. The Balaban J connectivity index is 1.83. The lowest BCUT2D eigenvalue weighted by molar-refractivity contribution is 0.502. The minimum absolute atomic E-state index is 0.464. The molecule has 0 spiro atoms. The van der Waals surface area contributed by atoms with Crippen LogP contribution in [-0.4, -0.2) is 23.0 Å².